The molecule has 0 spiro atoms. The van der Waals surface area contributed by atoms with E-state index in [4.69, 9.17) is 5.73 Å². The van der Waals surface area contributed by atoms with E-state index in [2.05, 4.69) is 4.72 Å². The number of halogens is 1. The molecule has 2 aromatic carbocycles. The molecule has 2 aromatic rings. The molecule has 2 rings (SSSR count). The summed E-state index contributed by atoms with van der Waals surface area (Å²) in [4.78, 5) is -0.360. The van der Waals surface area contributed by atoms with Crippen LogP contribution in [0.25, 0.3) is 0 Å². The highest BCUT2D eigenvalue weighted by Crippen LogP contribution is 2.17. The summed E-state index contributed by atoms with van der Waals surface area (Å²) in [6.07, 6.45) is 0. The minimum absolute atomic E-state index is 0.0630. The molecule has 0 amide bonds. The van der Waals surface area contributed by atoms with Crippen LogP contribution in [-0.2, 0) is 16.6 Å². The van der Waals surface area contributed by atoms with Gasteiger partial charge in [0.05, 0.1) is 0 Å². The second-order valence-corrected chi connectivity index (χ2v) is 6.12. The lowest BCUT2D eigenvalue weighted by Crippen LogP contribution is -2.24. The van der Waals surface area contributed by atoms with Gasteiger partial charge in [0.1, 0.15) is 10.7 Å². The molecule has 0 radical (unpaired) electrons. The van der Waals surface area contributed by atoms with E-state index in [9.17, 15) is 12.8 Å². The molecule has 6 heteroatoms. The molecule has 0 heterocycles. The fourth-order valence-corrected chi connectivity index (χ4v) is 2.89. The average Bonchev–Trinajstić information content (AvgIpc) is 2.41. The van der Waals surface area contributed by atoms with E-state index in [1.165, 1.54) is 18.2 Å². The number of benzene rings is 2. The topological polar surface area (TPSA) is 72.2 Å². The average molecular weight is 294 g/mol. The fourth-order valence-electron chi connectivity index (χ4n) is 1.81. The number of nitrogen functional groups attached to an aromatic ring is 1. The van der Waals surface area contributed by atoms with E-state index in [0.29, 0.717) is 5.69 Å². The Morgan fingerprint density at radius 1 is 1.15 bits per heavy atom. The number of sulfonamides is 1. The Kier molecular flexibility index (Phi) is 4.06. The third kappa shape index (κ3) is 2.97. The molecular weight excluding hydrogens is 279 g/mol. The molecule has 106 valence electrons. The first kappa shape index (κ1) is 14.5. The van der Waals surface area contributed by atoms with Gasteiger partial charge in [-0.1, -0.05) is 24.3 Å². The monoisotopic (exact) mass is 294 g/mol. The van der Waals surface area contributed by atoms with Gasteiger partial charge in [0.2, 0.25) is 10.0 Å². The molecule has 0 saturated heterocycles. The Hall–Kier alpha value is -1.92. The molecular formula is C14H15FN2O2S. The van der Waals surface area contributed by atoms with Crippen molar-refractivity contribution in [2.45, 2.75) is 18.4 Å². The smallest absolute Gasteiger partial charge is 0.243 e. The SMILES string of the molecule is Cc1c(N)cccc1CNS(=O)(=O)c1ccccc1F. The predicted molar refractivity (Wildman–Crippen MR) is 76.0 cm³/mol. The van der Waals surface area contributed by atoms with Crippen LogP contribution in [0.5, 0.6) is 0 Å². The zero-order valence-corrected chi connectivity index (χ0v) is 11.7. The highest BCUT2D eigenvalue weighted by atomic mass is 32.2. The fraction of sp³-hybridized carbons (Fsp3) is 0.143. The summed E-state index contributed by atoms with van der Waals surface area (Å²) in [5, 5.41) is 0. The predicted octanol–water partition coefficient (Wildman–Crippen LogP) is 2.19. The summed E-state index contributed by atoms with van der Waals surface area (Å²) in [5.41, 5.74) is 7.91. The Balaban J connectivity index is 2.22. The Morgan fingerprint density at radius 2 is 1.85 bits per heavy atom. The van der Waals surface area contributed by atoms with Gasteiger partial charge in [-0.25, -0.2) is 17.5 Å². The zero-order chi connectivity index (χ0) is 14.8. The zero-order valence-electron chi connectivity index (χ0n) is 10.9. The van der Waals surface area contributed by atoms with Crippen molar-refractivity contribution in [1.82, 2.24) is 4.72 Å². The number of anilines is 1. The molecule has 0 unspecified atom stereocenters. The van der Waals surface area contributed by atoms with E-state index >= 15 is 0 Å². The molecule has 0 saturated carbocycles. The van der Waals surface area contributed by atoms with Crippen LogP contribution < -0.4 is 10.5 Å². The van der Waals surface area contributed by atoms with Gasteiger partial charge >= 0.3 is 0 Å². The highest BCUT2D eigenvalue weighted by Gasteiger charge is 2.18. The third-order valence-electron chi connectivity index (χ3n) is 3.07. The number of nitrogens with one attached hydrogen (secondary N) is 1. The van der Waals surface area contributed by atoms with E-state index in [0.717, 1.165) is 17.2 Å². The van der Waals surface area contributed by atoms with Gasteiger partial charge in [-0.3, -0.25) is 0 Å². The summed E-state index contributed by atoms with van der Waals surface area (Å²) in [6.45, 7) is 1.87. The number of hydrogen-bond donors (Lipinski definition) is 2. The molecule has 0 bridgehead atoms. The van der Waals surface area contributed by atoms with Crippen LogP contribution in [0.3, 0.4) is 0 Å². The van der Waals surface area contributed by atoms with Crippen LogP contribution in [0.2, 0.25) is 0 Å². The Morgan fingerprint density at radius 3 is 2.55 bits per heavy atom. The van der Waals surface area contributed by atoms with E-state index < -0.39 is 15.8 Å². The first-order valence-corrected chi connectivity index (χ1v) is 7.48. The summed E-state index contributed by atoms with van der Waals surface area (Å²) in [6, 6.07) is 10.5. The lowest BCUT2D eigenvalue weighted by molar-refractivity contribution is 0.556. The first-order valence-electron chi connectivity index (χ1n) is 6.00. The minimum Gasteiger partial charge on any atom is -0.399 e. The molecule has 4 nitrogen and oxygen atoms in total. The van der Waals surface area contributed by atoms with Crippen molar-refractivity contribution in [3.8, 4) is 0 Å². The molecule has 0 atom stereocenters. The lowest BCUT2D eigenvalue weighted by Gasteiger charge is -2.10. The number of hydrogen-bond acceptors (Lipinski definition) is 3. The maximum atomic E-state index is 13.5. The van der Waals surface area contributed by atoms with Crippen molar-refractivity contribution in [3.05, 3.63) is 59.4 Å². The van der Waals surface area contributed by atoms with E-state index in [-0.39, 0.29) is 11.4 Å². The summed E-state index contributed by atoms with van der Waals surface area (Å²) in [5.74, 6) is -0.774. The second kappa shape index (κ2) is 5.60. The standard InChI is InChI=1S/C14H15FN2O2S/c1-10-11(5-4-7-13(10)16)9-17-20(18,19)14-8-3-2-6-12(14)15/h2-8,17H,9,16H2,1H3. The maximum Gasteiger partial charge on any atom is 0.243 e. The molecule has 0 aliphatic rings. The van der Waals surface area contributed by atoms with Gasteiger partial charge in [0.25, 0.3) is 0 Å². The van der Waals surface area contributed by atoms with Crippen molar-refractivity contribution in [3.63, 3.8) is 0 Å². The van der Waals surface area contributed by atoms with Crippen LogP contribution in [0, 0.1) is 12.7 Å². The Bertz CT molecular complexity index is 730. The van der Waals surface area contributed by atoms with Crippen LogP contribution in [0.15, 0.2) is 47.4 Å². The third-order valence-corrected chi connectivity index (χ3v) is 4.50. The molecule has 0 aliphatic heterocycles. The summed E-state index contributed by atoms with van der Waals surface area (Å²) < 4.78 is 40.0. The van der Waals surface area contributed by atoms with Gasteiger partial charge < -0.3 is 5.73 Å². The molecule has 0 aliphatic carbocycles. The summed E-state index contributed by atoms with van der Waals surface area (Å²) in [7, 11) is -3.88. The second-order valence-electron chi connectivity index (χ2n) is 4.39. The van der Waals surface area contributed by atoms with Gasteiger partial charge in [-0.15, -0.1) is 0 Å². The molecule has 0 fully saturated rings. The molecule has 3 N–H and O–H groups in total. The van der Waals surface area contributed by atoms with Crippen LogP contribution in [0.1, 0.15) is 11.1 Å². The van der Waals surface area contributed by atoms with Gasteiger partial charge in [0, 0.05) is 12.2 Å². The van der Waals surface area contributed by atoms with Crippen molar-refractivity contribution in [1.29, 1.82) is 0 Å². The summed E-state index contributed by atoms with van der Waals surface area (Å²) >= 11 is 0. The van der Waals surface area contributed by atoms with Crippen LogP contribution in [-0.4, -0.2) is 8.42 Å². The van der Waals surface area contributed by atoms with Gasteiger partial charge in [-0.2, -0.15) is 0 Å². The van der Waals surface area contributed by atoms with Gasteiger partial charge in [0.15, 0.2) is 0 Å². The van der Waals surface area contributed by atoms with Crippen molar-refractivity contribution >= 4 is 15.7 Å². The normalized spacial score (nSPS) is 11.5. The van der Waals surface area contributed by atoms with Crippen molar-refractivity contribution in [2.75, 3.05) is 5.73 Å². The van der Waals surface area contributed by atoms with Crippen LogP contribution >= 0.6 is 0 Å². The van der Waals surface area contributed by atoms with Gasteiger partial charge in [-0.05, 0) is 36.2 Å². The maximum absolute atomic E-state index is 13.5. The van der Waals surface area contributed by atoms with E-state index in [1.54, 1.807) is 18.2 Å². The first-order chi connectivity index (χ1) is 9.42. The Labute approximate surface area is 117 Å². The largest absolute Gasteiger partial charge is 0.399 e. The van der Waals surface area contributed by atoms with E-state index in [1.807, 2.05) is 6.92 Å². The quantitative estimate of drug-likeness (QED) is 0.849. The highest BCUT2D eigenvalue weighted by molar-refractivity contribution is 7.89. The lowest BCUT2D eigenvalue weighted by atomic mass is 10.1. The molecule has 0 aromatic heterocycles. The van der Waals surface area contributed by atoms with Crippen LogP contribution in [0.4, 0.5) is 10.1 Å². The molecule has 20 heavy (non-hydrogen) atoms. The number of rotatable bonds is 4. The minimum atomic E-state index is -3.88. The van der Waals surface area contributed by atoms with Crippen molar-refractivity contribution in [2.24, 2.45) is 0 Å². The van der Waals surface area contributed by atoms with Crippen molar-refractivity contribution < 1.29 is 12.8 Å². The number of nitrogens with two attached hydrogens (primary N) is 1.